The maximum absolute atomic E-state index is 9.04. The average Bonchev–Trinajstić information content (AvgIpc) is 1.80. The van der Waals surface area contributed by atoms with E-state index in [-0.39, 0.29) is 46.5 Å². The van der Waals surface area contributed by atoms with Gasteiger partial charge in [-0.2, -0.15) is 0 Å². The Balaban J connectivity index is -0.000000270. The summed E-state index contributed by atoms with van der Waals surface area (Å²) in [4.78, 5) is 0. The fourth-order valence-electron chi connectivity index (χ4n) is 0.805. The van der Waals surface area contributed by atoms with Crippen molar-refractivity contribution in [2.24, 2.45) is 0 Å². The van der Waals surface area contributed by atoms with Crippen molar-refractivity contribution >= 4 is 24.8 Å². The van der Waals surface area contributed by atoms with Crippen LogP contribution in [-0.2, 0) is 21.7 Å². The molecule has 12 heavy (non-hydrogen) atoms. The molecule has 0 bridgehead atoms. The third kappa shape index (κ3) is 5.05. The summed E-state index contributed by atoms with van der Waals surface area (Å²) in [5, 5.41) is 9.04. The first kappa shape index (κ1) is 18.2. The Hall–Kier alpha value is 0.314. The van der Waals surface area contributed by atoms with Crippen molar-refractivity contribution < 1.29 is 26.8 Å². The van der Waals surface area contributed by atoms with E-state index in [0.717, 1.165) is 5.56 Å². The SMILES string of the molecule is Cc1ccc(O)c(C)c1.Cl.Cl.[Ti]. The number of phenols is 1. The molecule has 1 N–H and O–H groups in total. The second kappa shape index (κ2) is 7.94. The van der Waals surface area contributed by atoms with Crippen molar-refractivity contribution in [2.45, 2.75) is 13.8 Å². The van der Waals surface area contributed by atoms with Crippen molar-refractivity contribution in [3.05, 3.63) is 29.3 Å². The van der Waals surface area contributed by atoms with Crippen LogP contribution >= 0.6 is 24.8 Å². The zero-order valence-electron chi connectivity index (χ0n) is 7.00. The molecule has 4 heteroatoms. The van der Waals surface area contributed by atoms with Gasteiger partial charge >= 0.3 is 0 Å². The Bertz CT molecular complexity index is 228. The van der Waals surface area contributed by atoms with Gasteiger partial charge in [-0.05, 0) is 25.5 Å². The summed E-state index contributed by atoms with van der Waals surface area (Å²) in [6, 6.07) is 5.56. The van der Waals surface area contributed by atoms with E-state index in [2.05, 4.69) is 0 Å². The van der Waals surface area contributed by atoms with Gasteiger partial charge in [-0.15, -0.1) is 24.8 Å². The van der Waals surface area contributed by atoms with Gasteiger partial charge in [0, 0.05) is 21.7 Å². The molecule has 1 aromatic carbocycles. The first-order valence-corrected chi connectivity index (χ1v) is 2.96. The molecule has 0 aliphatic carbocycles. The summed E-state index contributed by atoms with van der Waals surface area (Å²) in [5.74, 6) is 0.376. The molecule has 0 saturated carbocycles. The minimum absolute atomic E-state index is 0. The molecule has 0 radical (unpaired) electrons. The fourth-order valence-corrected chi connectivity index (χ4v) is 0.805. The number of aromatic hydroxyl groups is 1. The van der Waals surface area contributed by atoms with Crippen LogP contribution in [-0.4, -0.2) is 5.11 Å². The van der Waals surface area contributed by atoms with E-state index in [0.29, 0.717) is 5.75 Å². The van der Waals surface area contributed by atoms with E-state index in [4.69, 9.17) is 5.11 Å². The maximum atomic E-state index is 9.04. The average molecular weight is 243 g/mol. The number of rotatable bonds is 0. The molecule has 0 aliphatic rings. The quantitative estimate of drug-likeness (QED) is 0.694. The summed E-state index contributed by atoms with van der Waals surface area (Å²) in [7, 11) is 0. The predicted molar refractivity (Wildman–Crippen MR) is 52.1 cm³/mol. The van der Waals surface area contributed by atoms with Crippen LogP contribution in [0, 0.1) is 13.8 Å². The van der Waals surface area contributed by atoms with E-state index < -0.39 is 0 Å². The van der Waals surface area contributed by atoms with Gasteiger partial charge < -0.3 is 5.11 Å². The minimum atomic E-state index is 0. The zero-order chi connectivity index (χ0) is 6.85. The third-order valence-corrected chi connectivity index (χ3v) is 1.35. The molecule has 0 spiro atoms. The summed E-state index contributed by atoms with van der Waals surface area (Å²) < 4.78 is 0. The zero-order valence-corrected chi connectivity index (χ0v) is 10.2. The molecule has 0 aliphatic heterocycles. The van der Waals surface area contributed by atoms with Crippen LogP contribution in [0.15, 0.2) is 18.2 Å². The molecular weight excluding hydrogens is 231 g/mol. The Morgan fingerprint density at radius 3 is 1.92 bits per heavy atom. The maximum Gasteiger partial charge on any atom is 0.118 e. The number of aryl methyl sites for hydroxylation is 2. The summed E-state index contributed by atoms with van der Waals surface area (Å²) in [6.07, 6.45) is 0. The largest absolute Gasteiger partial charge is 0.508 e. The summed E-state index contributed by atoms with van der Waals surface area (Å²) in [6.45, 7) is 3.90. The van der Waals surface area contributed by atoms with Crippen molar-refractivity contribution in [1.29, 1.82) is 0 Å². The molecule has 0 amide bonds. The molecule has 0 fully saturated rings. The molecule has 0 atom stereocenters. The van der Waals surface area contributed by atoms with Gasteiger partial charge in [-0.3, -0.25) is 0 Å². The van der Waals surface area contributed by atoms with Crippen LogP contribution < -0.4 is 0 Å². The number of hydrogen-bond donors (Lipinski definition) is 1. The van der Waals surface area contributed by atoms with Crippen LogP contribution in [0.3, 0.4) is 0 Å². The first-order valence-electron chi connectivity index (χ1n) is 2.96. The van der Waals surface area contributed by atoms with Crippen molar-refractivity contribution in [1.82, 2.24) is 0 Å². The van der Waals surface area contributed by atoms with Crippen LogP contribution in [0.25, 0.3) is 0 Å². The second-order valence-corrected chi connectivity index (χ2v) is 2.29. The van der Waals surface area contributed by atoms with Crippen LogP contribution in [0.4, 0.5) is 0 Å². The standard InChI is InChI=1S/C8H10O.2ClH.Ti/c1-6-3-4-8(9)7(2)5-6;;;/h3-5,9H,1-2H3;2*1H;. The minimum Gasteiger partial charge on any atom is -0.508 e. The summed E-state index contributed by atoms with van der Waals surface area (Å²) in [5.41, 5.74) is 2.13. The molecule has 1 rings (SSSR count). The smallest absolute Gasteiger partial charge is 0.118 e. The predicted octanol–water partition coefficient (Wildman–Crippen LogP) is 2.85. The van der Waals surface area contributed by atoms with E-state index in [1.807, 2.05) is 26.0 Å². The van der Waals surface area contributed by atoms with E-state index in [9.17, 15) is 0 Å². The molecule has 1 aromatic rings. The van der Waals surface area contributed by atoms with Crippen LogP contribution in [0.2, 0.25) is 0 Å². The number of benzene rings is 1. The molecule has 0 aromatic heterocycles. The van der Waals surface area contributed by atoms with Gasteiger partial charge in [0.2, 0.25) is 0 Å². The molecule has 0 saturated heterocycles. The molecular formula is C8H12Cl2OTi. The molecule has 68 valence electrons. The van der Waals surface area contributed by atoms with Crippen LogP contribution in [0.5, 0.6) is 5.75 Å². The van der Waals surface area contributed by atoms with Crippen molar-refractivity contribution in [3.63, 3.8) is 0 Å². The fraction of sp³-hybridized carbons (Fsp3) is 0.250. The Labute approximate surface area is 100 Å². The Morgan fingerprint density at radius 1 is 1.08 bits per heavy atom. The molecule has 1 nitrogen and oxygen atoms in total. The van der Waals surface area contributed by atoms with Gasteiger partial charge in [0.1, 0.15) is 5.75 Å². The van der Waals surface area contributed by atoms with E-state index >= 15 is 0 Å². The monoisotopic (exact) mass is 242 g/mol. The number of halogens is 2. The molecule has 0 heterocycles. The Kier molecular flexibility index (Phi) is 12.0. The summed E-state index contributed by atoms with van der Waals surface area (Å²) >= 11 is 0. The first-order chi connectivity index (χ1) is 4.20. The van der Waals surface area contributed by atoms with Crippen molar-refractivity contribution in [3.8, 4) is 5.75 Å². The van der Waals surface area contributed by atoms with Crippen LogP contribution in [0.1, 0.15) is 11.1 Å². The van der Waals surface area contributed by atoms with Gasteiger partial charge in [0.05, 0.1) is 0 Å². The van der Waals surface area contributed by atoms with Gasteiger partial charge in [-0.25, -0.2) is 0 Å². The van der Waals surface area contributed by atoms with Gasteiger partial charge in [0.15, 0.2) is 0 Å². The topological polar surface area (TPSA) is 20.2 Å². The van der Waals surface area contributed by atoms with E-state index in [1.165, 1.54) is 5.56 Å². The Morgan fingerprint density at radius 2 is 1.58 bits per heavy atom. The third-order valence-electron chi connectivity index (χ3n) is 1.35. The second-order valence-electron chi connectivity index (χ2n) is 2.29. The number of hydrogen-bond acceptors (Lipinski definition) is 1. The van der Waals surface area contributed by atoms with Gasteiger partial charge in [0.25, 0.3) is 0 Å². The molecule has 0 unspecified atom stereocenters. The normalized spacial score (nSPS) is 7.17. The number of phenolic OH excluding ortho intramolecular Hbond substituents is 1. The van der Waals surface area contributed by atoms with E-state index in [1.54, 1.807) is 6.07 Å². The van der Waals surface area contributed by atoms with Gasteiger partial charge in [-0.1, -0.05) is 17.7 Å². The van der Waals surface area contributed by atoms with Crippen molar-refractivity contribution in [2.75, 3.05) is 0 Å².